The fourth-order valence-electron chi connectivity index (χ4n) is 2.88. The fraction of sp³-hybridized carbons (Fsp3) is 0.643. The average molecular weight is 250 g/mol. The molecule has 1 fully saturated rings. The van der Waals surface area contributed by atoms with Crippen LogP contribution >= 0.6 is 11.8 Å². The van der Waals surface area contributed by atoms with Crippen LogP contribution in [0.3, 0.4) is 0 Å². The third-order valence-corrected chi connectivity index (χ3v) is 5.29. The zero-order valence-corrected chi connectivity index (χ0v) is 11.7. The summed E-state index contributed by atoms with van der Waals surface area (Å²) in [4.78, 5) is 5.42. The van der Waals surface area contributed by atoms with Crippen LogP contribution in [-0.4, -0.2) is 23.3 Å². The van der Waals surface area contributed by atoms with Gasteiger partial charge in [0.15, 0.2) is 0 Å². The van der Waals surface area contributed by atoms with E-state index in [2.05, 4.69) is 43.3 Å². The SMILES string of the molecule is CNC1CC(C)CC(C)C1Sc1ccncc1. The van der Waals surface area contributed by atoms with E-state index < -0.39 is 0 Å². The zero-order valence-electron chi connectivity index (χ0n) is 10.9. The van der Waals surface area contributed by atoms with Gasteiger partial charge in [0, 0.05) is 28.6 Å². The summed E-state index contributed by atoms with van der Waals surface area (Å²) in [5.74, 6) is 1.62. The maximum Gasteiger partial charge on any atom is 0.0278 e. The molecule has 1 aliphatic rings. The molecule has 2 rings (SSSR count). The lowest BCUT2D eigenvalue weighted by molar-refractivity contribution is 0.257. The average Bonchev–Trinajstić information content (AvgIpc) is 2.33. The van der Waals surface area contributed by atoms with Crippen LogP contribution in [0.2, 0.25) is 0 Å². The lowest BCUT2D eigenvalue weighted by Crippen LogP contribution is -2.44. The molecule has 4 atom stereocenters. The lowest BCUT2D eigenvalue weighted by Gasteiger charge is -2.39. The Hall–Kier alpha value is -0.540. The lowest BCUT2D eigenvalue weighted by atomic mass is 9.80. The highest BCUT2D eigenvalue weighted by molar-refractivity contribution is 8.00. The van der Waals surface area contributed by atoms with Crippen molar-refractivity contribution in [1.29, 1.82) is 0 Å². The number of thioether (sulfide) groups is 1. The Morgan fingerprint density at radius 1 is 1.24 bits per heavy atom. The van der Waals surface area contributed by atoms with E-state index in [0.29, 0.717) is 11.3 Å². The summed E-state index contributed by atoms with van der Waals surface area (Å²) in [5.41, 5.74) is 0. The zero-order chi connectivity index (χ0) is 12.3. The van der Waals surface area contributed by atoms with E-state index in [9.17, 15) is 0 Å². The van der Waals surface area contributed by atoms with Gasteiger partial charge in [-0.3, -0.25) is 4.98 Å². The minimum atomic E-state index is 0.631. The van der Waals surface area contributed by atoms with Crippen LogP contribution in [0.15, 0.2) is 29.4 Å². The Balaban J connectivity index is 2.07. The molecule has 0 aliphatic heterocycles. The van der Waals surface area contributed by atoms with E-state index in [1.165, 1.54) is 17.7 Å². The van der Waals surface area contributed by atoms with Crippen LogP contribution in [0.1, 0.15) is 26.7 Å². The molecule has 0 amide bonds. The molecule has 0 radical (unpaired) electrons. The van der Waals surface area contributed by atoms with Crippen molar-refractivity contribution in [2.75, 3.05) is 7.05 Å². The Bertz CT molecular complexity index is 341. The molecule has 2 nitrogen and oxygen atoms in total. The summed E-state index contributed by atoms with van der Waals surface area (Å²) in [5, 5.41) is 4.18. The molecule has 17 heavy (non-hydrogen) atoms. The van der Waals surface area contributed by atoms with Gasteiger partial charge in [0.2, 0.25) is 0 Å². The van der Waals surface area contributed by atoms with Gasteiger partial charge in [-0.05, 0) is 43.9 Å². The van der Waals surface area contributed by atoms with E-state index >= 15 is 0 Å². The molecular formula is C14H22N2S. The van der Waals surface area contributed by atoms with Gasteiger partial charge in [0.1, 0.15) is 0 Å². The van der Waals surface area contributed by atoms with Crippen molar-refractivity contribution in [2.24, 2.45) is 11.8 Å². The Morgan fingerprint density at radius 2 is 1.94 bits per heavy atom. The minimum absolute atomic E-state index is 0.631. The molecule has 0 saturated heterocycles. The summed E-state index contributed by atoms with van der Waals surface area (Å²) in [7, 11) is 2.09. The van der Waals surface area contributed by atoms with Crippen molar-refractivity contribution in [3.05, 3.63) is 24.5 Å². The normalized spacial score (nSPS) is 33.6. The molecule has 1 aromatic rings. The van der Waals surface area contributed by atoms with Crippen molar-refractivity contribution in [3.8, 4) is 0 Å². The minimum Gasteiger partial charge on any atom is -0.316 e. The number of nitrogens with zero attached hydrogens (tertiary/aromatic N) is 1. The molecule has 0 bridgehead atoms. The van der Waals surface area contributed by atoms with Crippen LogP contribution in [0, 0.1) is 11.8 Å². The van der Waals surface area contributed by atoms with E-state index in [4.69, 9.17) is 0 Å². The van der Waals surface area contributed by atoms with Gasteiger partial charge in [0.25, 0.3) is 0 Å². The van der Waals surface area contributed by atoms with Crippen molar-refractivity contribution in [2.45, 2.75) is 42.9 Å². The standard InChI is InChI=1S/C14H22N2S/c1-10-8-11(2)14(13(9-10)15-3)17-12-4-6-16-7-5-12/h4-7,10-11,13-15H,8-9H2,1-3H3. The van der Waals surface area contributed by atoms with Gasteiger partial charge in [-0.15, -0.1) is 11.8 Å². The van der Waals surface area contributed by atoms with Crippen LogP contribution in [0.25, 0.3) is 0 Å². The largest absolute Gasteiger partial charge is 0.316 e. The Kier molecular flexibility index (Phi) is 4.46. The van der Waals surface area contributed by atoms with E-state index in [1.807, 2.05) is 24.2 Å². The summed E-state index contributed by atoms with van der Waals surface area (Å²) in [6, 6.07) is 4.86. The number of pyridine rings is 1. The molecule has 1 N–H and O–H groups in total. The second kappa shape index (κ2) is 5.87. The summed E-state index contributed by atoms with van der Waals surface area (Å²) < 4.78 is 0. The highest BCUT2D eigenvalue weighted by atomic mass is 32.2. The maximum atomic E-state index is 4.08. The highest BCUT2D eigenvalue weighted by Crippen LogP contribution is 2.39. The van der Waals surface area contributed by atoms with Gasteiger partial charge in [-0.2, -0.15) is 0 Å². The van der Waals surface area contributed by atoms with Gasteiger partial charge < -0.3 is 5.32 Å². The van der Waals surface area contributed by atoms with Crippen molar-refractivity contribution >= 4 is 11.8 Å². The second-order valence-corrected chi connectivity index (χ2v) is 6.47. The topological polar surface area (TPSA) is 24.9 Å². The van der Waals surface area contributed by atoms with Gasteiger partial charge >= 0.3 is 0 Å². The third-order valence-electron chi connectivity index (χ3n) is 3.68. The summed E-state index contributed by atoms with van der Waals surface area (Å²) in [6.07, 6.45) is 6.41. The molecule has 0 spiro atoms. The molecule has 4 unspecified atom stereocenters. The first-order valence-electron chi connectivity index (χ1n) is 6.44. The number of aromatic nitrogens is 1. The number of hydrogen-bond acceptors (Lipinski definition) is 3. The highest BCUT2D eigenvalue weighted by Gasteiger charge is 2.33. The van der Waals surface area contributed by atoms with Crippen molar-refractivity contribution < 1.29 is 0 Å². The molecule has 1 aromatic heterocycles. The number of hydrogen-bond donors (Lipinski definition) is 1. The number of nitrogens with one attached hydrogen (secondary N) is 1. The second-order valence-electron chi connectivity index (χ2n) is 5.21. The Labute approximate surface area is 109 Å². The molecule has 94 valence electrons. The predicted octanol–water partition coefficient (Wildman–Crippen LogP) is 3.20. The van der Waals surface area contributed by atoms with Crippen LogP contribution < -0.4 is 5.32 Å². The smallest absolute Gasteiger partial charge is 0.0278 e. The predicted molar refractivity (Wildman–Crippen MR) is 74.3 cm³/mol. The quantitative estimate of drug-likeness (QED) is 0.892. The maximum absolute atomic E-state index is 4.08. The molecule has 0 aromatic carbocycles. The van der Waals surface area contributed by atoms with Crippen LogP contribution in [-0.2, 0) is 0 Å². The first kappa shape index (κ1) is 12.9. The molecule has 3 heteroatoms. The van der Waals surface area contributed by atoms with Crippen LogP contribution in [0.5, 0.6) is 0 Å². The molecule has 1 aliphatic carbocycles. The van der Waals surface area contributed by atoms with Gasteiger partial charge in [-0.25, -0.2) is 0 Å². The van der Waals surface area contributed by atoms with Crippen LogP contribution in [0.4, 0.5) is 0 Å². The van der Waals surface area contributed by atoms with Gasteiger partial charge in [0.05, 0.1) is 0 Å². The number of rotatable bonds is 3. The molecular weight excluding hydrogens is 228 g/mol. The van der Waals surface area contributed by atoms with E-state index in [1.54, 1.807) is 0 Å². The first-order chi connectivity index (χ1) is 8.20. The van der Waals surface area contributed by atoms with Crippen molar-refractivity contribution in [3.63, 3.8) is 0 Å². The van der Waals surface area contributed by atoms with E-state index in [0.717, 1.165) is 11.8 Å². The third kappa shape index (κ3) is 3.23. The van der Waals surface area contributed by atoms with Crippen molar-refractivity contribution in [1.82, 2.24) is 10.3 Å². The molecule has 1 saturated carbocycles. The summed E-state index contributed by atoms with van der Waals surface area (Å²) in [6.45, 7) is 4.76. The van der Waals surface area contributed by atoms with E-state index in [-0.39, 0.29) is 0 Å². The Morgan fingerprint density at radius 3 is 2.59 bits per heavy atom. The fourth-order valence-corrected chi connectivity index (χ4v) is 4.23. The first-order valence-corrected chi connectivity index (χ1v) is 7.32. The monoisotopic (exact) mass is 250 g/mol. The summed E-state index contributed by atoms with van der Waals surface area (Å²) >= 11 is 2.00. The van der Waals surface area contributed by atoms with Gasteiger partial charge in [-0.1, -0.05) is 13.8 Å². The molecule has 1 heterocycles.